The van der Waals surface area contributed by atoms with Crippen LogP contribution in [0.1, 0.15) is 45.0 Å². The van der Waals surface area contributed by atoms with Crippen molar-refractivity contribution in [3.8, 4) is 11.5 Å². The van der Waals surface area contributed by atoms with E-state index in [9.17, 15) is 5.11 Å². The van der Waals surface area contributed by atoms with Gasteiger partial charge in [-0.25, -0.2) is 0 Å². The molecule has 4 atom stereocenters. The lowest BCUT2D eigenvalue weighted by molar-refractivity contribution is -0.192. The highest BCUT2D eigenvalue weighted by molar-refractivity contribution is 5.43. The molecule has 0 amide bonds. The maximum atomic E-state index is 12.8. The highest BCUT2D eigenvalue weighted by Crippen LogP contribution is 2.36. The van der Waals surface area contributed by atoms with E-state index in [-0.39, 0.29) is 26.4 Å². The predicted molar refractivity (Wildman–Crippen MR) is 234 cm³/mol. The van der Waals surface area contributed by atoms with Gasteiger partial charge >= 0.3 is 0 Å². The molecule has 7 aromatic carbocycles. The van der Waals surface area contributed by atoms with Crippen LogP contribution in [0.3, 0.4) is 0 Å². The molecular formula is C53H52O7. The molecule has 0 radical (unpaired) electrons. The average molecular weight is 801 g/mol. The summed E-state index contributed by atoms with van der Waals surface area (Å²) in [6.45, 7) is 1.95. The van der Waals surface area contributed by atoms with Gasteiger partial charge in [-0.05, 0) is 45.5 Å². The summed E-state index contributed by atoms with van der Waals surface area (Å²) in [6, 6.07) is 65.4. The summed E-state index contributed by atoms with van der Waals surface area (Å²) < 4.78 is 39.7. The van der Waals surface area contributed by atoms with E-state index in [4.69, 9.17) is 28.4 Å². The molecule has 1 unspecified atom stereocenters. The number of aliphatic hydroxyl groups is 1. The molecule has 1 N–H and O–H groups in total. The maximum Gasteiger partial charge on any atom is 0.129 e. The fourth-order valence-electron chi connectivity index (χ4n) is 6.82. The molecule has 0 aliphatic heterocycles. The van der Waals surface area contributed by atoms with Crippen molar-refractivity contribution >= 4 is 0 Å². The van der Waals surface area contributed by atoms with Crippen LogP contribution in [0.2, 0.25) is 0 Å². The number of benzene rings is 7. The van der Waals surface area contributed by atoms with Gasteiger partial charge in [0.1, 0.15) is 49.1 Å². The number of aliphatic hydroxyl groups excluding tert-OH is 1. The van der Waals surface area contributed by atoms with Crippen molar-refractivity contribution in [2.75, 3.05) is 6.61 Å². The van der Waals surface area contributed by atoms with Gasteiger partial charge in [0.2, 0.25) is 0 Å². The fourth-order valence-corrected chi connectivity index (χ4v) is 6.82. The van der Waals surface area contributed by atoms with Crippen LogP contribution in [0.4, 0.5) is 0 Å². The topological polar surface area (TPSA) is 75.6 Å². The van der Waals surface area contributed by atoms with E-state index in [1.165, 1.54) is 0 Å². The molecule has 0 aromatic heterocycles. The van der Waals surface area contributed by atoms with Crippen LogP contribution < -0.4 is 9.47 Å². The Bertz CT molecular complexity index is 2220. The quantitative estimate of drug-likeness (QED) is 0.0690. The number of ether oxygens (including phenoxy) is 6. The minimum atomic E-state index is -1.24. The zero-order valence-corrected chi connectivity index (χ0v) is 33.7. The smallest absolute Gasteiger partial charge is 0.129 e. The molecule has 7 nitrogen and oxygen atoms in total. The molecule has 0 fully saturated rings. The lowest BCUT2D eigenvalue weighted by Crippen LogP contribution is -2.47. The second-order valence-electron chi connectivity index (χ2n) is 14.6. The van der Waals surface area contributed by atoms with E-state index in [1.54, 1.807) is 0 Å². The summed E-state index contributed by atoms with van der Waals surface area (Å²) in [5.74, 6) is 1.07. The van der Waals surface area contributed by atoms with Crippen molar-refractivity contribution in [2.45, 2.75) is 64.1 Å². The number of hydrogen-bond acceptors (Lipinski definition) is 7. The minimum absolute atomic E-state index is 0.169. The number of rotatable bonds is 23. The zero-order chi connectivity index (χ0) is 41.0. The first-order chi connectivity index (χ1) is 29.7. The van der Waals surface area contributed by atoms with Crippen molar-refractivity contribution < 1.29 is 33.5 Å². The monoisotopic (exact) mass is 800 g/mol. The van der Waals surface area contributed by atoms with Crippen LogP contribution in [-0.4, -0.2) is 30.0 Å². The second-order valence-corrected chi connectivity index (χ2v) is 14.6. The number of hydrogen-bond donors (Lipinski definition) is 1. The van der Waals surface area contributed by atoms with Crippen molar-refractivity contribution in [1.29, 1.82) is 0 Å². The molecule has 60 heavy (non-hydrogen) atoms. The van der Waals surface area contributed by atoms with Crippen LogP contribution in [0.25, 0.3) is 0 Å². The second kappa shape index (κ2) is 22.9. The van der Waals surface area contributed by atoms with Crippen molar-refractivity contribution in [1.82, 2.24) is 0 Å². The van der Waals surface area contributed by atoms with Gasteiger partial charge < -0.3 is 33.5 Å². The van der Waals surface area contributed by atoms with E-state index in [1.807, 2.05) is 200 Å². The summed E-state index contributed by atoms with van der Waals surface area (Å²) >= 11 is 0. The average Bonchev–Trinajstić information content (AvgIpc) is 3.32. The SMILES string of the molecule is OC(c1ccc(OCc2ccccc2)cc1OCc1ccccc1)[C@H](OCc1ccccc1)[C@H](OCc1ccccc1)[C@@H](COCc1ccccc1)OCc1ccccc1. The maximum absolute atomic E-state index is 12.8. The van der Waals surface area contributed by atoms with Gasteiger partial charge in [0, 0.05) is 11.6 Å². The van der Waals surface area contributed by atoms with Crippen molar-refractivity contribution in [3.05, 3.63) is 239 Å². The lowest BCUT2D eigenvalue weighted by Gasteiger charge is -2.36. The molecule has 306 valence electrons. The first-order valence-corrected chi connectivity index (χ1v) is 20.4. The summed E-state index contributed by atoms with van der Waals surface area (Å²) in [4.78, 5) is 0. The van der Waals surface area contributed by atoms with Gasteiger partial charge in [0.05, 0.1) is 33.0 Å². The Morgan fingerprint density at radius 3 is 1.22 bits per heavy atom. The largest absolute Gasteiger partial charge is 0.489 e. The molecular weight excluding hydrogens is 749 g/mol. The molecule has 0 saturated heterocycles. The molecule has 7 rings (SSSR count). The molecule has 0 spiro atoms. The molecule has 0 heterocycles. The van der Waals surface area contributed by atoms with Gasteiger partial charge in [-0.2, -0.15) is 0 Å². The van der Waals surface area contributed by atoms with Gasteiger partial charge in [0.15, 0.2) is 0 Å². The lowest BCUT2D eigenvalue weighted by atomic mass is 9.95. The normalized spacial score (nSPS) is 13.2. The van der Waals surface area contributed by atoms with E-state index in [0.29, 0.717) is 36.9 Å². The first kappa shape index (κ1) is 42.1. The van der Waals surface area contributed by atoms with Crippen molar-refractivity contribution in [3.63, 3.8) is 0 Å². The standard InChI is InChI=1S/C53H52O7/c54-51(48-32-31-47(56-35-42-21-9-2-10-22-42)33-49(48)57-36-43-23-11-3-12-24-43)53(60-39-46-29-17-6-18-30-46)52(59-38-45-27-15-5-16-28-45)50(58-37-44-25-13-4-14-26-44)40-55-34-41-19-7-1-8-20-41/h1-33,50-54H,34-40H2/t50-,51?,52-,53+/m1/s1. The van der Waals surface area contributed by atoms with Crippen molar-refractivity contribution in [2.24, 2.45) is 0 Å². The molecule has 7 heteroatoms. The Morgan fingerprint density at radius 2 is 0.750 bits per heavy atom. The van der Waals surface area contributed by atoms with Crippen LogP contribution in [0.15, 0.2) is 200 Å². The summed E-state index contributed by atoms with van der Waals surface area (Å²) in [5.41, 5.74) is 6.50. The summed E-state index contributed by atoms with van der Waals surface area (Å²) in [7, 11) is 0. The van der Waals surface area contributed by atoms with Crippen LogP contribution >= 0.6 is 0 Å². The zero-order valence-electron chi connectivity index (χ0n) is 33.7. The molecule has 0 saturated carbocycles. The van der Waals surface area contributed by atoms with Gasteiger partial charge in [-0.3, -0.25) is 0 Å². The molecule has 0 aliphatic rings. The van der Waals surface area contributed by atoms with E-state index in [0.717, 1.165) is 33.4 Å². The van der Waals surface area contributed by atoms with Gasteiger partial charge in [-0.15, -0.1) is 0 Å². The summed E-state index contributed by atoms with van der Waals surface area (Å²) in [6.07, 6.45) is -3.68. The highest BCUT2D eigenvalue weighted by atomic mass is 16.6. The van der Waals surface area contributed by atoms with Crippen LogP contribution in [-0.2, 0) is 58.6 Å². The minimum Gasteiger partial charge on any atom is -0.489 e. The third-order valence-electron chi connectivity index (χ3n) is 10.1. The van der Waals surface area contributed by atoms with Gasteiger partial charge in [-0.1, -0.05) is 182 Å². The van der Waals surface area contributed by atoms with E-state index >= 15 is 0 Å². The van der Waals surface area contributed by atoms with Gasteiger partial charge in [0.25, 0.3) is 0 Å². The Morgan fingerprint density at radius 1 is 0.367 bits per heavy atom. The molecule has 7 aromatic rings. The molecule has 0 bridgehead atoms. The van der Waals surface area contributed by atoms with E-state index < -0.39 is 24.4 Å². The Balaban J connectivity index is 1.25. The fraction of sp³-hybridized carbons (Fsp3) is 0.208. The highest BCUT2D eigenvalue weighted by Gasteiger charge is 2.39. The van der Waals surface area contributed by atoms with E-state index in [2.05, 4.69) is 0 Å². The molecule has 0 aliphatic carbocycles. The van der Waals surface area contributed by atoms with Crippen LogP contribution in [0.5, 0.6) is 11.5 Å². The third kappa shape index (κ3) is 13.0. The predicted octanol–water partition coefficient (Wildman–Crippen LogP) is 10.9. The van der Waals surface area contributed by atoms with Crippen LogP contribution in [0, 0.1) is 0 Å². The summed E-state index contributed by atoms with van der Waals surface area (Å²) in [5, 5.41) is 12.8. The Kier molecular flexibility index (Phi) is 16.1. The Labute approximate surface area is 353 Å². The Hall–Kier alpha value is -6.06. The first-order valence-electron chi connectivity index (χ1n) is 20.4. The third-order valence-corrected chi connectivity index (χ3v) is 10.1.